The number of hydrogen-bond acceptors (Lipinski definition) is 4. The van der Waals surface area contributed by atoms with Crippen molar-refractivity contribution in [2.75, 3.05) is 6.54 Å². The van der Waals surface area contributed by atoms with Gasteiger partial charge in [0.05, 0.1) is 17.9 Å². The molecule has 0 aliphatic carbocycles. The summed E-state index contributed by atoms with van der Waals surface area (Å²) in [6.07, 6.45) is 5.95. The van der Waals surface area contributed by atoms with E-state index in [4.69, 9.17) is 0 Å². The standard InChI is InChI=1S/C24H23N3O3/c1-17-8-10-19(11-9-17)22(28)20-21(18-6-3-2-4-7-18)27(24(30)23(20)29)14-5-13-26-15-12-25-16-26/h2-4,6-12,15-16,21,28H,5,13-14H2,1H3/t21-/m0/s1. The summed E-state index contributed by atoms with van der Waals surface area (Å²) < 4.78 is 1.93. The number of rotatable bonds is 6. The van der Waals surface area contributed by atoms with Crippen LogP contribution in [0.25, 0.3) is 5.76 Å². The molecule has 0 bridgehead atoms. The highest BCUT2D eigenvalue weighted by molar-refractivity contribution is 6.46. The number of ketones is 1. The zero-order valence-corrected chi connectivity index (χ0v) is 16.7. The number of likely N-dealkylation sites (tertiary alicyclic amines) is 1. The van der Waals surface area contributed by atoms with E-state index < -0.39 is 17.7 Å². The SMILES string of the molecule is Cc1ccc(C(O)=C2C(=O)C(=O)N(CCCn3ccnc3)[C@H]2c2ccccc2)cc1. The lowest BCUT2D eigenvalue weighted by atomic mass is 9.95. The molecule has 0 unspecified atom stereocenters. The van der Waals surface area contributed by atoms with Crippen LogP contribution in [0.3, 0.4) is 0 Å². The van der Waals surface area contributed by atoms with Gasteiger partial charge in [0.25, 0.3) is 11.7 Å². The number of aliphatic hydroxyl groups is 1. The van der Waals surface area contributed by atoms with E-state index in [2.05, 4.69) is 4.98 Å². The van der Waals surface area contributed by atoms with Gasteiger partial charge in [-0.15, -0.1) is 0 Å². The van der Waals surface area contributed by atoms with Gasteiger partial charge in [0.2, 0.25) is 0 Å². The van der Waals surface area contributed by atoms with Crippen molar-refractivity contribution in [2.24, 2.45) is 0 Å². The second-order valence-corrected chi connectivity index (χ2v) is 7.42. The highest BCUT2D eigenvalue weighted by Crippen LogP contribution is 2.39. The first-order valence-corrected chi connectivity index (χ1v) is 9.92. The lowest BCUT2D eigenvalue weighted by Gasteiger charge is -2.25. The minimum absolute atomic E-state index is 0.137. The Morgan fingerprint density at radius 2 is 1.77 bits per heavy atom. The van der Waals surface area contributed by atoms with E-state index in [1.165, 1.54) is 0 Å². The topological polar surface area (TPSA) is 75.4 Å². The molecule has 1 N–H and O–H groups in total. The third-order valence-corrected chi connectivity index (χ3v) is 5.35. The highest BCUT2D eigenvalue weighted by Gasteiger charge is 2.45. The third-order valence-electron chi connectivity index (χ3n) is 5.35. The molecular weight excluding hydrogens is 378 g/mol. The summed E-state index contributed by atoms with van der Waals surface area (Å²) in [4.78, 5) is 31.4. The lowest BCUT2D eigenvalue weighted by molar-refractivity contribution is -0.139. The summed E-state index contributed by atoms with van der Waals surface area (Å²) in [6, 6.07) is 16.0. The molecule has 2 aromatic carbocycles. The molecule has 6 nitrogen and oxygen atoms in total. The van der Waals surface area contributed by atoms with Crippen LogP contribution in [0.5, 0.6) is 0 Å². The van der Waals surface area contributed by atoms with Crippen molar-refractivity contribution >= 4 is 17.4 Å². The van der Waals surface area contributed by atoms with Crippen LogP contribution < -0.4 is 0 Å². The van der Waals surface area contributed by atoms with E-state index >= 15 is 0 Å². The maximum absolute atomic E-state index is 12.9. The third kappa shape index (κ3) is 3.76. The van der Waals surface area contributed by atoms with E-state index in [0.717, 1.165) is 11.1 Å². The van der Waals surface area contributed by atoms with E-state index in [1.807, 2.05) is 60.2 Å². The molecule has 1 atom stereocenters. The molecule has 2 heterocycles. The number of amides is 1. The number of imidazole rings is 1. The van der Waals surface area contributed by atoms with Crippen molar-refractivity contribution < 1.29 is 14.7 Å². The van der Waals surface area contributed by atoms with Crippen molar-refractivity contribution in [3.63, 3.8) is 0 Å². The highest BCUT2D eigenvalue weighted by atomic mass is 16.3. The van der Waals surface area contributed by atoms with E-state index in [9.17, 15) is 14.7 Å². The van der Waals surface area contributed by atoms with Gasteiger partial charge in [-0.3, -0.25) is 9.59 Å². The molecule has 1 aromatic heterocycles. The number of Topliss-reactive ketones (excluding diaryl/α,β-unsaturated/α-hetero) is 1. The van der Waals surface area contributed by atoms with Gasteiger partial charge in [-0.1, -0.05) is 60.2 Å². The minimum atomic E-state index is -0.649. The van der Waals surface area contributed by atoms with Crippen molar-refractivity contribution in [3.8, 4) is 0 Å². The first-order chi connectivity index (χ1) is 14.6. The van der Waals surface area contributed by atoms with Crippen LogP contribution in [0, 0.1) is 6.92 Å². The summed E-state index contributed by atoms with van der Waals surface area (Å²) in [5.41, 5.74) is 2.51. The summed E-state index contributed by atoms with van der Waals surface area (Å²) in [7, 11) is 0. The average Bonchev–Trinajstić information content (AvgIpc) is 3.37. The van der Waals surface area contributed by atoms with Gasteiger partial charge in [0.15, 0.2) is 0 Å². The number of aryl methyl sites for hydroxylation is 2. The van der Waals surface area contributed by atoms with Crippen molar-refractivity contribution in [2.45, 2.75) is 25.9 Å². The maximum atomic E-state index is 12.9. The molecule has 1 fully saturated rings. The molecule has 0 saturated carbocycles. The predicted molar refractivity (Wildman–Crippen MR) is 113 cm³/mol. The first-order valence-electron chi connectivity index (χ1n) is 9.92. The van der Waals surface area contributed by atoms with Gasteiger partial charge < -0.3 is 14.6 Å². The fraction of sp³-hybridized carbons (Fsp3) is 0.208. The Kier molecular flexibility index (Phi) is 5.48. The molecular formula is C24H23N3O3. The second-order valence-electron chi connectivity index (χ2n) is 7.42. The molecule has 4 rings (SSSR count). The van der Waals surface area contributed by atoms with E-state index in [-0.39, 0.29) is 11.3 Å². The van der Waals surface area contributed by atoms with Crippen LogP contribution in [0.4, 0.5) is 0 Å². The normalized spacial score (nSPS) is 18.2. The molecule has 1 aliphatic heterocycles. The zero-order valence-electron chi connectivity index (χ0n) is 16.7. The van der Waals surface area contributed by atoms with E-state index in [0.29, 0.717) is 25.1 Å². The summed E-state index contributed by atoms with van der Waals surface area (Å²) >= 11 is 0. The molecule has 3 aromatic rings. The molecule has 1 saturated heterocycles. The molecule has 1 amide bonds. The number of carbonyl (C=O) groups is 2. The molecule has 0 radical (unpaired) electrons. The maximum Gasteiger partial charge on any atom is 0.295 e. The molecule has 0 spiro atoms. The summed E-state index contributed by atoms with van der Waals surface area (Å²) in [6.45, 7) is 3.03. The fourth-order valence-corrected chi connectivity index (χ4v) is 3.80. The predicted octanol–water partition coefficient (Wildman–Crippen LogP) is 3.70. The van der Waals surface area contributed by atoms with Gasteiger partial charge in [-0.05, 0) is 18.9 Å². The van der Waals surface area contributed by atoms with Crippen LogP contribution in [-0.4, -0.2) is 37.8 Å². The number of nitrogens with zero attached hydrogens (tertiary/aromatic N) is 3. The van der Waals surface area contributed by atoms with Gasteiger partial charge in [0, 0.05) is 31.0 Å². The fourth-order valence-electron chi connectivity index (χ4n) is 3.80. The van der Waals surface area contributed by atoms with Crippen LogP contribution in [-0.2, 0) is 16.1 Å². The molecule has 1 aliphatic rings. The average molecular weight is 401 g/mol. The number of aromatic nitrogens is 2. The van der Waals surface area contributed by atoms with Crippen molar-refractivity contribution in [1.82, 2.24) is 14.5 Å². The van der Waals surface area contributed by atoms with Gasteiger partial charge in [-0.2, -0.15) is 0 Å². The Morgan fingerprint density at radius 3 is 2.43 bits per heavy atom. The summed E-state index contributed by atoms with van der Waals surface area (Å²) in [5, 5.41) is 11.0. The van der Waals surface area contributed by atoms with Gasteiger partial charge in [-0.25, -0.2) is 4.98 Å². The van der Waals surface area contributed by atoms with Crippen LogP contribution in [0.15, 0.2) is 78.9 Å². The molecule has 6 heteroatoms. The first kappa shape index (κ1) is 19.6. The second kappa shape index (κ2) is 8.37. The number of carbonyl (C=O) groups excluding carboxylic acids is 2. The van der Waals surface area contributed by atoms with Crippen LogP contribution >= 0.6 is 0 Å². The molecule has 30 heavy (non-hydrogen) atoms. The minimum Gasteiger partial charge on any atom is -0.507 e. The smallest absolute Gasteiger partial charge is 0.295 e. The van der Waals surface area contributed by atoms with Gasteiger partial charge >= 0.3 is 0 Å². The zero-order chi connectivity index (χ0) is 21.1. The van der Waals surface area contributed by atoms with E-state index in [1.54, 1.807) is 29.6 Å². The molecule has 152 valence electrons. The summed E-state index contributed by atoms with van der Waals surface area (Å²) in [5.74, 6) is -1.37. The number of hydrogen-bond donors (Lipinski definition) is 1. The Labute approximate surface area is 175 Å². The van der Waals surface area contributed by atoms with Crippen molar-refractivity contribution in [3.05, 3.63) is 95.6 Å². The Morgan fingerprint density at radius 1 is 1.03 bits per heavy atom. The Hall–Kier alpha value is -3.67. The lowest BCUT2D eigenvalue weighted by Crippen LogP contribution is -2.31. The van der Waals surface area contributed by atoms with Gasteiger partial charge in [0.1, 0.15) is 5.76 Å². The van der Waals surface area contributed by atoms with Crippen molar-refractivity contribution in [1.29, 1.82) is 0 Å². The monoisotopic (exact) mass is 401 g/mol. The van der Waals surface area contributed by atoms with Crippen LogP contribution in [0.1, 0.15) is 29.2 Å². The number of benzene rings is 2. The quantitative estimate of drug-likeness (QED) is 0.388. The van der Waals surface area contributed by atoms with Crippen LogP contribution in [0.2, 0.25) is 0 Å². The number of aliphatic hydroxyl groups excluding tert-OH is 1. The Balaban J connectivity index is 1.71. The largest absolute Gasteiger partial charge is 0.507 e. The Bertz CT molecular complexity index is 1070.